The van der Waals surface area contributed by atoms with Gasteiger partial charge in [-0.3, -0.25) is 15.0 Å². The maximum atomic E-state index is 13.2. The summed E-state index contributed by atoms with van der Waals surface area (Å²) < 4.78 is 43.9. The maximum Gasteiger partial charge on any atom is 0.408 e. The van der Waals surface area contributed by atoms with E-state index in [4.69, 9.17) is 9.84 Å². The average Bonchev–Trinajstić information content (AvgIpc) is 3.26. The van der Waals surface area contributed by atoms with Gasteiger partial charge in [0, 0.05) is 13.1 Å². The van der Waals surface area contributed by atoms with Gasteiger partial charge in [0.25, 0.3) is 5.91 Å². The standard InChI is InChI=1S/C22H25F3N6O5/c1-12(22(23,24)25)27-20(34)16-3-4-17-19(28-16)31(13-6-7-30(17)9-13)21(35)29-18-5-2-15(8-26-18)36-11-14(33)10-32/h2-5,8,12-14,32-33H,6-7,9-11H2,1H3,(H,27,34)(H,26,29,35)/t12-,13+,14+/m1/s1. The number of aliphatic hydroxyl groups excluding tert-OH is 2. The molecule has 0 saturated carbocycles. The smallest absolute Gasteiger partial charge is 0.408 e. The van der Waals surface area contributed by atoms with Gasteiger partial charge in [0.05, 0.1) is 24.5 Å². The van der Waals surface area contributed by atoms with Gasteiger partial charge < -0.3 is 25.2 Å². The summed E-state index contributed by atoms with van der Waals surface area (Å²) in [7, 11) is 0. The molecule has 11 nitrogen and oxygen atoms in total. The van der Waals surface area contributed by atoms with Crippen LogP contribution in [-0.2, 0) is 0 Å². The van der Waals surface area contributed by atoms with Crippen LogP contribution in [0.2, 0.25) is 0 Å². The molecule has 2 aliphatic rings. The van der Waals surface area contributed by atoms with E-state index >= 15 is 0 Å². The summed E-state index contributed by atoms with van der Waals surface area (Å²) in [6.07, 6.45) is -3.66. The van der Waals surface area contributed by atoms with Gasteiger partial charge in [-0.2, -0.15) is 13.2 Å². The number of anilines is 3. The fourth-order valence-electron chi connectivity index (χ4n) is 3.90. The van der Waals surface area contributed by atoms with Crippen LogP contribution < -0.4 is 25.2 Å². The van der Waals surface area contributed by atoms with E-state index in [-0.39, 0.29) is 30.0 Å². The van der Waals surface area contributed by atoms with E-state index in [1.165, 1.54) is 29.3 Å². The second-order valence-electron chi connectivity index (χ2n) is 8.49. The van der Waals surface area contributed by atoms with Gasteiger partial charge in [-0.05, 0) is 37.6 Å². The number of nitrogens with zero attached hydrogens (tertiary/aromatic N) is 4. The normalized spacial score (nSPS) is 18.3. The van der Waals surface area contributed by atoms with Crippen molar-refractivity contribution in [2.24, 2.45) is 0 Å². The fourth-order valence-corrected chi connectivity index (χ4v) is 3.90. The van der Waals surface area contributed by atoms with Crippen molar-refractivity contribution in [1.82, 2.24) is 15.3 Å². The first-order valence-electron chi connectivity index (χ1n) is 11.2. The van der Waals surface area contributed by atoms with E-state index in [1.54, 1.807) is 6.07 Å². The van der Waals surface area contributed by atoms with Crippen LogP contribution >= 0.6 is 0 Å². The van der Waals surface area contributed by atoms with Gasteiger partial charge in [0.1, 0.15) is 36.0 Å². The lowest BCUT2D eigenvalue weighted by Crippen LogP contribution is -2.49. The SMILES string of the molecule is C[C@@H](NC(=O)c1ccc2c(n1)N(C(=O)Nc1ccc(OC[C@@H](O)CO)cn1)[C@H]1CCN2C1)C(F)(F)F. The molecule has 2 aromatic heterocycles. The summed E-state index contributed by atoms with van der Waals surface area (Å²) in [5, 5.41) is 22.7. The number of hydrogen-bond donors (Lipinski definition) is 4. The van der Waals surface area contributed by atoms with E-state index in [0.29, 0.717) is 30.9 Å². The average molecular weight is 510 g/mol. The number of halogens is 3. The molecule has 0 spiro atoms. The lowest BCUT2D eigenvalue weighted by molar-refractivity contribution is -0.149. The Hall–Kier alpha value is -3.65. The zero-order valence-electron chi connectivity index (χ0n) is 19.2. The van der Waals surface area contributed by atoms with E-state index in [0.717, 1.165) is 6.92 Å². The van der Waals surface area contributed by atoms with Gasteiger partial charge in [0.2, 0.25) is 0 Å². The van der Waals surface area contributed by atoms with Crippen LogP contribution in [0.15, 0.2) is 30.5 Å². The molecule has 4 heterocycles. The molecule has 36 heavy (non-hydrogen) atoms. The molecule has 4 rings (SSSR count). The molecule has 2 aromatic rings. The number of hydrogen-bond acceptors (Lipinski definition) is 8. The minimum atomic E-state index is -4.60. The number of amides is 3. The largest absolute Gasteiger partial charge is 0.489 e. The summed E-state index contributed by atoms with van der Waals surface area (Å²) in [6, 6.07) is 3.04. The zero-order valence-corrected chi connectivity index (χ0v) is 19.2. The van der Waals surface area contributed by atoms with Crippen molar-refractivity contribution in [1.29, 1.82) is 0 Å². The van der Waals surface area contributed by atoms with E-state index in [9.17, 15) is 27.9 Å². The van der Waals surface area contributed by atoms with Crippen LogP contribution in [0.5, 0.6) is 5.75 Å². The van der Waals surface area contributed by atoms with E-state index in [2.05, 4.69) is 15.3 Å². The predicted molar refractivity (Wildman–Crippen MR) is 122 cm³/mol. The zero-order chi connectivity index (χ0) is 26.0. The minimum absolute atomic E-state index is 0.129. The number of carbonyl (C=O) groups is 2. The first-order valence-corrected chi connectivity index (χ1v) is 11.2. The van der Waals surface area contributed by atoms with Crippen molar-refractivity contribution in [2.45, 2.75) is 37.7 Å². The molecular weight excluding hydrogens is 485 g/mol. The molecule has 0 radical (unpaired) electrons. The Morgan fingerprint density at radius 3 is 2.72 bits per heavy atom. The molecule has 2 aliphatic heterocycles. The Bertz CT molecular complexity index is 1120. The highest BCUT2D eigenvalue weighted by Gasteiger charge is 2.41. The van der Waals surface area contributed by atoms with Gasteiger partial charge in [-0.15, -0.1) is 0 Å². The molecule has 194 valence electrons. The predicted octanol–water partition coefficient (Wildman–Crippen LogP) is 1.52. The second kappa shape index (κ2) is 10.1. The number of aromatic nitrogens is 2. The molecule has 3 amide bonds. The third kappa shape index (κ3) is 5.44. The second-order valence-corrected chi connectivity index (χ2v) is 8.49. The quantitative estimate of drug-likeness (QED) is 0.440. The highest BCUT2D eigenvalue weighted by Crippen LogP contribution is 2.39. The Balaban J connectivity index is 1.51. The fraction of sp³-hybridized carbons (Fsp3) is 0.455. The first-order chi connectivity index (χ1) is 17.1. The monoisotopic (exact) mass is 510 g/mol. The van der Waals surface area contributed by atoms with Crippen molar-refractivity contribution in [3.63, 3.8) is 0 Å². The lowest BCUT2D eigenvalue weighted by atomic mass is 10.1. The Labute approximate surface area is 203 Å². The van der Waals surface area contributed by atoms with Crippen LogP contribution in [0.25, 0.3) is 0 Å². The number of aliphatic hydroxyl groups is 2. The van der Waals surface area contributed by atoms with Gasteiger partial charge in [-0.1, -0.05) is 0 Å². The van der Waals surface area contributed by atoms with Gasteiger partial charge in [0.15, 0.2) is 5.82 Å². The highest BCUT2D eigenvalue weighted by atomic mass is 19.4. The van der Waals surface area contributed by atoms with Crippen molar-refractivity contribution < 1.29 is 37.7 Å². The summed E-state index contributed by atoms with van der Waals surface area (Å²) in [4.78, 5) is 37.4. The lowest BCUT2D eigenvalue weighted by Gasteiger charge is -2.35. The summed E-state index contributed by atoms with van der Waals surface area (Å²) in [5.74, 6) is -0.309. The molecule has 0 unspecified atom stereocenters. The maximum absolute atomic E-state index is 13.2. The molecule has 0 aliphatic carbocycles. The number of ether oxygens (including phenoxy) is 1. The van der Waals surface area contributed by atoms with Crippen molar-refractivity contribution >= 4 is 29.3 Å². The Kier molecular flexibility index (Phi) is 7.17. The molecule has 1 saturated heterocycles. The molecule has 14 heteroatoms. The van der Waals surface area contributed by atoms with Crippen LogP contribution in [0, 0.1) is 0 Å². The minimum Gasteiger partial charge on any atom is -0.489 e. The number of rotatable bonds is 7. The van der Waals surface area contributed by atoms with Crippen LogP contribution in [-0.4, -0.2) is 82.8 Å². The molecule has 4 N–H and O–H groups in total. The number of carbonyl (C=O) groups excluding carboxylic acids is 2. The number of fused-ring (bicyclic) bond motifs is 4. The molecule has 1 fully saturated rings. The number of pyridine rings is 2. The number of nitrogens with one attached hydrogen (secondary N) is 2. The van der Waals surface area contributed by atoms with E-state index in [1.807, 2.05) is 10.2 Å². The topological polar surface area (TPSA) is 140 Å². The van der Waals surface area contributed by atoms with Crippen molar-refractivity contribution in [2.75, 3.05) is 41.4 Å². The Morgan fingerprint density at radius 2 is 2.06 bits per heavy atom. The molecule has 2 bridgehead atoms. The van der Waals surface area contributed by atoms with Crippen LogP contribution in [0.1, 0.15) is 23.8 Å². The summed E-state index contributed by atoms with van der Waals surface area (Å²) >= 11 is 0. The molecule has 0 aromatic carbocycles. The van der Waals surface area contributed by atoms with Crippen molar-refractivity contribution in [3.8, 4) is 5.75 Å². The molecular formula is C22H25F3N6O5. The number of urea groups is 1. The van der Waals surface area contributed by atoms with Crippen LogP contribution in [0.3, 0.4) is 0 Å². The Morgan fingerprint density at radius 1 is 1.28 bits per heavy atom. The van der Waals surface area contributed by atoms with Crippen molar-refractivity contribution in [3.05, 3.63) is 36.2 Å². The first kappa shape index (κ1) is 25.4. The van der Waals surface area contributed by atoms with Crippen LogP contribution in [0.4, 0.5) is 35.3 Å². The highest BCUT2D eigenvalue weighted by molar-refractivity contribution is 6.05. The summed E-state index contributed by atoms with van der Waals surface area (Å²) in [5.41, 5.74) is 0.355. The summed E-state index contributed by atoms with van der Waals surface area (Å²) in [6.45, 7) is 1.46. The third-order valence-corrected chi connectivity index (χ3v) is 5.87. The van der Waals surface area contributed by atoms with E-state index < -0.39 is 36.9 Å². The number of alkyl halides is 3. The van der Waals surface area contributed by atoms with Gasteiger partial charge >= 0.3 is 12.2 Å². The molecule has 3 atom stereocenters. The third-order valence-electron chi connectivity index (χ3n) is 5.87. The van der Waals surface area contributed by atoms with Gasteiger partial charge in [-0.25, -0.2) is 14.8 Å².